The molecule has 0 radical (unpaired) electrons. The van der Waals surface area contributed by atoms with E-state index in [0.717, 1.165) is 24.2 Å². The smallest absolute Gasteiger partial charge is 0.123 e. The molecule has 0 spiro atoms. The molecule has 0 N–H and O–H groups in total. The van der Waals surface area contributed by atoms with Crippen molar-refractivity contribution in [2.75, 3.05) is 0 Å². The molecule has 1 saturated carbocycles. The van der Waals surface area contributed by atoms with E-state index in [9.17, 15) is 4.39 Å². The fourth-order valence-electron chi connectivity index (χ4n) is 3.96. The zero-order valence-corrected chi connectivity index (χ0v) is 11.4. The van der Waals surface area contributed by atoms with Gasteiger partial charge in [0.1, 0.15) is 17.2 Å². The van der Waals surface area contributed by atoms with Crippen molar-refractivity contribution in [2.24, 2.45) is 11.3 Å². The van der Waals surface area contributed by atoms with Gasteiger partial charge in [0.2, 0.25) is 0 Å². The highest BCUT2D eigenvalue weighted by molar-refractivity contribution is 5.38. The molecular formula is C16H21FO. The van der Waals surface area contributed by atoms with Gasteiger partial charge in [0.25, 0.3) is 0 Å². The molecule has 18 heavy (non-hydrogen) atoms. The van der Waals surface area contributed by atoms with Gasteiger partial charge in [-0.3, -0.25) is 0 Å². The Bertz CT molecular complexity index is 480. The lowest BCUT2D eigenvalue weighted by atomic mass is 9.59. The minimum Gasteiger partial charge on any atom is -0.487 e. The number of hydrogen-bond donors (Lipinski definition) is 0. The quantitative estimate of drug-likeness (QED) is 0.663. The predicted octanol–water partition coefficient (Wildman–Crippen LogP) is 4.35. The molecule has 98 valence electrons. The van der Waals surface area contributed by atoms with Gasteiger partial charge in [-0.1, -0.05) is 13.8 Å². The maximum absolute atomic E-state index is 13.4. The van der Waals surface area contributed by atoms with Crippen LogP contribution in [0, 0.1) is 17.2 Å². The van der Waals surface area contributed by atoms with E-state index < -0.39 is 0 Å². The van der Waals surface area contributed by atoms with Crippen LogP contribution in [-0.4, -0.2) is 5.60 Å². The van der Waals surface area contributed by atoms with E-state index in [-0.39, 0.29) is 16.8 Å². The van der Waals surface area contributed by atoms with Crippen molar-refractivity contribution in [1.29, 1.82) is 0 Å². The number of hydrogen-bond acceptors (Lipinski definition) is 1. The Balaban J connectivity index is 2.04. The van der Waals surface area contributed by atoms with Crippen LogP contribution in [0.5, 0.6) is 5.75 Å². The lowest BCUT2D eigenvalue weighted by molar-refractivity contribution is -0.0816. The summed E-state index contributed by atoms with van der Waals surface area (Å²) in [6.07, 6.45) is 4.51. The second-order valence-corrected chi connectivity index (χ2v) is 6.77. The van der Waals surface area contributed by atoms with E-state index in [0.29, 0.717) is 5.92 Å². The molecule has 2 atom stereocenters. The van der Waals surface area contributed by atoms with Crippen LogP contribution < -0.4 is 4.74 Å². The van der Waals surface area contributed by atoms with Crippen LogP contribution in [0.1, 0.15) is 45.6 Å². The molecule has 1 nitrogen and oxygen atoms in total. The Kier molecular flexibility index (Phi) is 2.48. The average molecular weight is 248 g/mol. The third kappa shape index (κ3) is 1.73. The molecule has 0 unspecified atom stereocenters. The van der Waals surface area contributed by atoms with Crippen molar-refractivity contribution in [3.8, 4) is 5.75 Å². The summed E-state index contributed by atoms with van der Waals surface area (Å²) in [4.78, 5) is 0. The number of fused-ring (bicyclic) bond motifs is 2. The minimum atomic E-state index is -0.158. The van der Waals surface area contributed by atoms with E-state index in [1.807, 2.05) is 0 Å². The summed E-state index contributed by atoms with van der Waals surface area (Å²) in [6.45, 7) is 6.87. The highest BCUT2D eigenvalue weighted by atomic mass is 19.1. The number of ether oxygens (including phenoxy) is 1. The third-order valence-corrected chi connectivity index (χ3v) is 4.96. The van der Waals surface area contributed by atoms with Gasteiger partial charge in [0.05, 0.1) is 0 Å². The Hall–Kier alpha value is -1.05. The standard InChI is InChI=1S/C16H21FO/c1-15(2)7-4-8-16(3)14(15)10-11-9-12(17)5-6-13(11)18-16/h5-6,9,14H,4,7-8,10H2,1-3H3/t14-,16-/m0/s1. The molecule has 3 rings (SSSR count). The van der Waals surface area contributed by atoms with Crippen LogP contribution in [-0.2, 0) is 6.42 Å². The molecule has 0 aromatic heterocycles. The summed E-state index contributed by atoms with van der Waals surface area (Å²) in [6, 6.07) is 4.92. The minimum absolute atomic E-state index is 0.0768. The summed E-state index contributed by atoms with van der Waals surface area (Å²) >= 11 is 0. The first-order valence-corrected chi connectivity index (χ1v) is 6.88. The van der Waals surface area contributed by atoms with Crippen LogP contribution in [0.4, 0.5) is 4.39 Å². The van der Waals surface area contributed by atoms with Gasteiger partial charge in [-0.05, 0) is 61.8 Å². The Labute approximate surface area is 108 Å². The largest absolute Gasteiger partial charge is 0.487 e. The van der Waals surface area contributed by atoms with Crippen LogP contribution in [0.2, 0.25) is 0 Å². The van der Waals surface area contributed by atoms with E-state index in [1.165, 1.54) is 18.9 Å². The van der Waals surface area contributed by atoms with E-state index in [4.69, 9.17) is 4.74 Å². The van der Waals surface area contributed by atoms with Crippen molar-refractivity contribution >= 4 is 0 Å². The van der Waals surface area contributed by atoms with Crippen LogP contribution in [0.3, 0.4) is 0 Å². The first kappa shape index (κ1) is 12.0. The van der Waals surface area contributed by atoms with E-state index in [1.54, 1.807) is 12.1 Å². The monoisotopic (exact) mass is 248 g/mol. The Morgan fingerprint density at radius 2 is 2.00 bits per heavy atom. The maximum Gasteiger partial charge on any atom is 0.123 e. The van der Waals surface area contributed by atoms with Crippen LogP contribution >= 0.6 is 0 Å². The van der Waals surface area contributed by atoms with Gasteiger partial charge in [0.15, 0.2) is 0 Å². The topological polar surface area (TPSA) is 9.23 Å². The van der Waals surface area contributed by atoms with Crippen LogP contribution in [0.15, 0.2) is 18.2 Å². The summed E-state index contributed by atoms with van der Waals surface area (Å²) in [7, 11) is 0. The predicted molar refractivity (Wildman–Crippen MR) is 70.3 cm³/mol. The molecule has 1 heterocycles. The highest BCUT2D eigenvalue weighted by Crippen LogP contribution is 2.52. The molecule has 0 saturated heterocycles. The number of benzene rings is 1. The van der Waals surface area contributed by atoms with Crippen molar-refractivity contribution in [3.63, 3.8) is 0 Å². The lowest BCUT2D eigenvalue weighted by Crippen LogP contribution is -2.53. The normalized spacial score (nSPS) is 33.2. The van der Waals surface area contributed by atoms with Crippen molar-refractivity contribution in [3.05, 3.63) is 29.6 Å². The van der Waals surface area contributed by atoms with Crippen molar-refractivity contribution in [2.45, 2.75) is 52.1 Å². The molecule has 1 aliphatic heterocycles. The fraction of sp³-hybridized carbons (Fsp3) is 0.625. The summed E-state index contributed by atoms with van der Waals surface area (Å²) in [5.41, 5.74) is 1.23. The molecule has 0 amide bonds. The zero-order valence-electron chi connectivity index (χ0n) is 11.4. The molecular weight excluding hydrogens is 227 g/mol. The second kappa shape index (κ2) is 3.72. The SMILES string of the molecule is CC1(C)CCC[C@]2(C)Oc3ccc(F)cc3C[C@@H]12. The first-order valence-electron chi connectivity index (χ1n) is 6.88. The van der Waals surface area contributed by atoms with Crippen LogP contribution in [0.25, 0.3) is 0 Å². The average Bonchev–Trinajstić information content (AvgIpc) is 2.27. The van der Waals surface area contributed by atoms with E-state index >= 15 is 0 Å². The summed E-state index contributed by atoms with van der Waals surface area (Å²) < 4.78 is 19.6. The van der Waals surface area contributed by atoms with Gasteiger partial charge in [-0.15, -0.1) is 0 Å². The van der Waals surface area contributed by atoms with Gasteiger partial charge >= 0.3 is 0 Å². The molecule has 2 aliphatic rings. The molecule has 2 heteroatoms. The first-order chi connectivity index (χ1) is 8.41. The molecule has 0 bridgehead atoms. The second-order valence-electron chi connectivity index (χ2n) is 6.77. The molecule has 1 fully saturated rings. The summed E-state index contributed by atoms with van der Waals surface area (Å²) in [5, 5.41) is 0. The summed E-state index contributed by atoms with van der Waals surface area (Å²) in [5.74, 6) is 1.20. The van der Waals surface area contributed by atoms with Gasteiger partial charge in [-0.25, -0.2) is 4.39 Å². The molecule has 1 aromatic carbocycles. The van der Waals surface area contributed by atoms with Gasteiger partial charge in [-0.2, -0.15) is 0 Å². The third-order valence-electron chi connectivity index (χ3n) is 4.96. The zero-order chi connectivity index (χ0) is 13.0. The fourth-order valence-corrected chi connectivity index (χ4v) is 3.96. The Morgan fingerprint density at radius 3 is 2.78 bits per heavy atom. The van der Waals surface area contributed by atoms with Gasteiger partial charge in [0, 0.05) is 5.92 Å². The lowest BCUT2D eigenvalue weighted by Gasteiger charge is -2.53. The maximum atomic E-state index is 13.4. The highest BCUT2D eigenvalue weighted by Gasteiger charge is 2.50. The van der Waals surface area contributed by atoms with Crippen molar-refractivity contribution in [1.82, 2.24) is 0 Å². The number of halogens is 1. The molecule has 1 aromatic rings. The van der Waals surface area contributed by atoms with Gasteiger partial charge < -0.3 is 4.74 Å². The Morgan fingerprint density at radius 1 is 1.22 bits per heavy atom. The molecule has 1 aliphatic carbocycles. The number of rotatable bonds is 0. The van der Waals surface area contributed by atoms with E-state index in [2.05, 4.69) is 20.8 Å². The van der Waals surface area contributed by atoms with Crippen molar-refractivity contribution < 1.29 is 9.13 Å².